The fourth-order valence-electron chi connectivity index (χ4n) is 1.65. The lowest BCUT2D eigenvalue weighted by Crippen LogP contribution is -2.23. The lowest BCUT2D eigenvalue weighted by Gasteiger charge is -2.09. The summed E-state index contributed by atoms with van der Waals surface area (Å²) in [5.74, 6) is -0.0993. The van der Waals surface area contributed by atoms with Crippen molar-refractivity contribution in [1.29, 1.82) is 0 Å². The minimum Gasteiger partial charge on any atom is -0.399 e. The minimum absolute atomic E-state index is 0.0311. The van der Waals surface area contributed by atoms with E-state index in [9.17, 15) is 4.79 Å². The van der Waals surface area contributed by atoms with Crippen molar-refractivity contribution in [2.24, 2.45) is 0 Å². The van der Waals surface area contributed by atoms with E-state index in [4.69, 9.17) is 5.73 Å². The van der Waals surface area contributed by atoms with E-state index >= 15 is 0 Å². The molecule has 2 aromatic rings. The molecule has 1 aromatic heterocycles. The van der Waals surface area contributed by atoms with Gasteiger partial charge in [-0.1, -0.05) is 18.2 Å². The van der Waals surface area contributed by atoms with Crippen LogP contribution in [0.5, 0.6) is 0 Å². The molecule has 0 aliphatic rings. The zero-order chi connectivity index (χ0) is 13.7. The molecule has 0 unspecified atom stereocenters. The zero-order valence-electron chi connectivity index (χ0n) is 10.7. The number of hydrogen-bond acceptors (Lipinski definition) is 3. The molecule has 0 aliphatic carbocycles. The number of nitrogen functional groups attached to an aromatic ring is 1. The van der Waals surface area contributed by atoms with Crippen molar-refractivity contribution in [2.75, 3.05) is 5.73 Å². The highest BCUT2D eigenvalue weighted by molar-refractivity contribution is 7.10. The van der Waals surface area contributed by atoms with Gasteiger partial charge in [-0.3, -0.25) is 4.79 Å². The molecular formula is C15H16N2OS. The van der Waals surface area contributed by atoms with Crippen molar-refractivity contribution < 1.29 is 4.79 Å². The Morgan fingerprint density at radius 3 is 2.68 bits per heavy atom. The van der Waals surface area contributed by atoms with Gasteiger partial charge >= 0.3 is 0 Å². The van der Waals surface area contributed by atoms with E-state index in [1.807, 2.05) is 48.7 Å². The minimum atomic E-state index is -0.0993. The van der Waals surface area contributed by atoms with Crippen LogP contribution in [0.3, 0.4) is 0 Å². The molecule has 2 rings (SSSR count). The highest BCUT2D eigenvalue weighted by Crippen LogP contribution is 2.17. The van der Waals surface area contributed by atoms with Crippen LogP contribution in [0.15, 0.2) is 47.9 Å². The molecule has 19 heavy (non-hydrogen) atoms. The Hall–Kier alpha value is -2.07. The Labute approximate surface area is 116 Å². The summed E-state index contributed by atoms with van der Waals surface area (Å²) in [6.07, 6.45) is 3.31. The maximum Gasteiger partial charge on any atom is 0.244 e. The van der Waals surface area contributed by atoms with Gasteiger partial charge in [0.1, 0.15) is 0 Å². The van der Waals surface area contributed by atoms with Gasteiger partial charge in [0.15, 0.2) is 0 Å². The van der Waals surface area contributed by atoms with Crippen LogP contribution in [0, 0.1) is 0 Å². The van der Waals surface area contributed by atoms with Crippen LogP contribution in [0.25, 0.3) is 6.08 Å². The van der Waals surface area contributed by atoms with Gasteiger partial charge in [-0.25, -0.2) is 0 Å². The molecule has 1 atom stereocenters. The molecule has 3 N–H and O–H groups in total. The summed E-state index contributed by atoms with van der Waals surface area (Å²) in [6, 6.07) is 11.4. The number of nitrogens with two attached hydrogens (primary N) is 1. The average molecular weight is 272 g/mol. The predicted molar refractivity (Wildman–Crippen MR) is 80.8 cm³/mol. The van der Waals surface area contributed by atoms with Crippen molar-refractivity contribution in [3.63, 3.8) is 0 Å². The van der Waals surface area contributed by atoms with E-state index in [1.165, 1.54) is 6.08 Å². The molecule has 0 saturated carbocycles. The highest BCUT2D eigenvalue weighted by Gasteiger charge is 2.07. The number of carbonyl (C=O) groups is 1. The molecule has 3 nitrogen and oxygen atoms in total. The maximum absolute atomic E-state index is 11.8. The fourth-order valence-corrected chi connectivity index (χ4v) is 2.38. The molecule has 1 heterocycles. The quantitative estimate of drug-likeness (QED) is 0.663. The number of anilines is 1. The maximum atomic E-state index is 11.8. The lowest BCUT2D eigenvalue weighted by molar-refractivity contribution is -0.117. The first kappa shape index (κ1) is 13.4. The first-order valence-electron chi connectivity index (χ1n) is 6.02. The van der Waals surface area contributed by atoms with Crippen molar-refractivity contribution >= 4 is 29.0 Å². The largest absolute Gasteiger partial charge is 0.399 e. The molecule has 98 valence electrons. The number of thiophene rings is 1. The van der Waals surface area contributed by atoms with E-state index in [0.29, 0.717) is 5.69 Å². The molecule has 0 spiro atoms. The normalized spacial score (nSPS) is 12.5. The second kappa shape index (κ2) is 6.20. The fraction of sp³-hybridized carbons (Fsp3) is 0.133. The monoisotopic (exact) mass is 272 g/mol. The Balaban J connectivity index is 1.92. The van der Waals surface area contributed by atoms with Crippen molar-refractivity contribution in [2.45, 2.75) is 13.0 Å². The number of carbonyl (C=O) groups excluding carboxylic acids is 1. The Bertz CT molecular complexity index is 558. The summed E-state index contributed by atoms with van der Waals surface area (Å²) in [4.78, 5) is 12.9. The van der Waals surface area contributed by atoms with E-state index in [-0.39, 0.29) is 11.9 Å². The molecule has 0 aliphatic heterocycles. The van der Waals surface area contributed by atoms with Gasteiger partial charge in [-0.15, -0.1) is 11.3 Å². The second-order valence-electron chi connectivity index (χ2n) is 4.25. The van der Waals surface area contributed by atoms with Crippen LogP contribution in [-0.4, -0.2) is 5.91 Å². The third-order valence-corrected chi connectivity index (χ3v) is 3.75. The predicted octanol–water partition coefficient (Wildman–Crippen LogP) is 3.22. The zero-order valence-corrected chi connectivity index (χ0v) is 11.5. The van der Waals surface area contributed by atoms with Gasteiger partial charge in [-0.05, 0) is 42.1 Å². The van der Waals surface area contributed by atoms with E-state index in [1.54, 1.807) is 17.4 Å². The van der Waals surface area contributed by atoms with Crippen LogP contribution in [0.4, 0.5) is 5.69 Å². The van der Waals surface area contributed by atoms with Crippen LogP contribution in [-0.2, 0) is 4.79 Å². The Kier molecular flexibility index (Phi) is 4.36. The van der Waals surface area contributed by atoms with Gasteiger partial charge in [0.05, 0.1) is 6.04 Å². The van der Waals surface area contributed by atoms with E-state index in [0.717, 1.165) is 10.4 Å². The van der Waals surface area contributed by atoms with Crippen LogP contribution in [0.2, 0.25) is 0 Å². The average Bonchev–Trinajstić information content (AvgIpc) is 2.92. The third-order valence-electron chi connectivity index (χ3n) is 2.69. The first-order chi connectivity index (χ1) is 9.15. The number of nitrogens with one attached hydrogen (secondary N) is 1. The summed E-state index contributed by atoms with van der Waals surface area (Å²) in [6.45, 7) is 1.97. The second-order valence-corrected chi connectivity index (χ2v) is 5.22. The van der Waals surface area contributed by atoms with Gasteiger partial charge in [-0.2, -0.15) is 0 Å². The molecule has 0 saturated heterocycles. The Morgan fingerprint density at radius 1 is 1.32 bits per heavy atom. The summed E-state index contributed by atoms with van der Waals surface area (Å²) in [5, 5.41) is 4.93. The molecule has 4 heteroatoms. The SMILES string of the molecule is C[C@H](NC(=O)/C=C/c1ccc(N)cc1)c1cccs1. The number of amides is 1. The van der Waals surface area contributed by atoms with Crippen molar-refractivity contribution in [3.05, 3.63) is 58.3 Å². The van der Waals surface area contributed by atoms with Crippen molar-refractivity contribution in [3.8, 4) is 0 Å². The van der Waals surface area contributed by atoms with Gasteiger partial charge in [0, 0.05) is 16.6 Å². The van der Waals surface area contributed by atoms with Crippen LogP contribution < -0.4 is 11.1 Å². The summed E-state index contributed by atoms with van der Waals surface area (Å²) in [7, 11) is 0. The summed E-state index contributed by atoms with van der Waals surface area (Å²) < 4.78 is 0. The summed E-state index contributed by atoms with van der Waals surface area (Å²) >= 11 is 1.64. The smallest absolute Gasteiger partial charge is 0.244 e. The number of benzene rings is 1. The first-order valence-corrected chi connectivity index (χ1v) is 6.90. The topological polar surface area (TPSA) is 55.1 Å². The Morgan fingerprint density at radius 2 is 2.05 bits per heavy atom. The molecule has 0 fully saturated rings. The van der Waals surface area contributed by atoms with Crippen molar-refractivity contribution in [1.82, 2.24) is 5.32 Å². The standard InChI is InChI=1S/C15H16N2OS/c1-11(14-3-2-10-19-14)17-15(18)9-6-12-4-7-13(16)8-5-12/h2-11H,16H2,1H3,(H,17,18)/b9-6+/t11-/m0/s1. The number of rotatable bonds is 4. The van der Waals surface area contributed by atoms with E-state index in [2.05, 4.69) is 5.32 Å². The number of hydrogen-bond donors (Lipinski definition) is 2. The van der Waals surface area contributed by atoms with E-state index < -0.39 is 0 Å². The molecule has 1 amide bonds. The van der Waals surface area contributed by atoms with Crippen LogP contribution >= 0.6 is 11.3 Å². The summed E-state index contributed by atoms with van der Waals surface area (Å²) in [5.41, 5.74) is 7.27. The van der Waals surface area contributed by atoms with Gasteiger partial charge in [0.2, 0.25) is 5.91 Å². The highest BCUT2D eigenvalue weighted by atomic mass is 32.1. The van der Waals surface area contributed by atoms with Crippen LogP contribution in [0.1, 0.15) is 23.4 Å². The molecule has 0 bridgehead atoms. The molecule has 1 aromatic carbocycles. The molecular weight excluding hydrogens is 256 g/mol. The van der Waals surface area contributed by atoms with Gasteiger partial charge in [0.25, 0.3) is 0 Å². The molecule has 0 radical (unpaired) electrons. The third kappa shape index (κ3) is 3.96. The van der Waals surface area contributed by atoms with Gasteiger partial charge < -0.3 is 11.1 Å². The lowest BCUT2D eigenvalue weighted by atomic mass is 10.2.